The predicted octanol–water partition coefficient (Wildman–Crippen LogP) is 4.91. The predicted molar refractivity (Wildman–Crippen MR) is 268 cm³/mol. The topological polar surface area (TPSA) is 443 Å². The van der Waals surface area contributed by atoms with E-state index in [2.05, 4.69) is 60.3 Å². The SMILES string of the molecule is O=S(=O)(O)OCCS(=O)(=O)c1ccc(Nc2nc(Cl)nc(N(CCO)CCCNc3nc(Cl)nc(Nc4ccc5c(O)c(N=Nc6ccc7c(S(=O)(=O)O)cccc7c6S(=O)(=O)O)c(S(=O)(=O)O)cc5c4)n3)n2)cc1. The minimum Gasteiger partial charge on any atom is -0.505 e. The van der Waals surface area contributed by atoms with Gasteiger partial charge in [0.1, 0.15) is 26.1 Å². The Labute approximate surface area is 434 Å². The number of hydrogen-bond acceptors (Lipinski definition) is 25. The largest absolute Gasteiger partial charge is 0.505 e. The second kappa shape index (κ2) is 22.3. The summed E-state index contributed by atoms with van der Waals surface area (Å²) in [6.45, 7) is -0.656. The number of phenolic OH excluding ortho intramolecular Hbond substituents is 1. The van der Waals surface area contributed by atoms with Crippen molar-refractivity contribution in [3.8, 4) is 5.75 Å². The van der Waals surface area contributed by atoms with Gasteiger partial charge in [-0.25, -0.2) is 12.6 Å². The molecular formula is C39H36Cl2N12O17S5. The van der Waals surface area contributed by atoms with E-state index in [-0.39, 0.29) is 87.3 Å². The molecule has 0 aliphatic rings. The van der Waals surface area contributed by atoms with E-state index < -0.39 is 100 Å². The number of phenols is 1. The molecule has 0 fully saturated rings. The zero-order chi connectivity index (χ0) is 54.7. The van der Waals surface area contributed by atoms with Crippen molar-refractivity contribution in [3.05, 3.63) is 89.4 Å². The summed E-state index contributed by atoms with van der Waals surface area (Å²) in [5.74, 6) is -1.69. The highest BCUT2D eigenvalue weighted by atomic mass is 35.5. The lowest BCUT2D eigenvalue weighted by atomic mass is 10.1. The van der Waals surface area contributed by atoms with Crippen molar-refractivity contribution in [2.45, 2.75) is 26.0 Å². The van der Waals surface area contributed by atoms with Gasteiger partial charge in [0, 0.05) is 47.2 Å². The standard InChI is InChI=1S/C39H36Cl2N12O17S5/c40-34-45-36(42-13-2-14-53(15-16-54)39-48-35(41)47-38(50-39)43-22-5-8-24(9-6-22)71(56,57)18-17-70-75(67,68)69)49-37(46-34)44-23-7-10-25-21(19-23)20-30(73(61,62)63)31(32(25)55)52-51-28-12-11-26-27(33(28)74(64,65)66)3-1-4-29(26)72(58,59)60/h1,3-12,19-20,54-55H,2,13-18H2,(H,58,59,60)(H,61,62,63)(H,64,65,66)(H,67,68,69)(H,43,47,48,50)(H2,42,44,45,46,49). The maximum absolute atomic E-state index is 12.7. The third kappa shape index (κ3) is 14.2. The van der Waals surface area contributed by atoms with Gasteiger partial charge in [0.15, 0.2) is 15.6 Å². The molecule has 0 saturated heterocycles. The normalized spacial score (nSPS) is 12.6. The van der Waals surface area contributed by atoms with Crippen LogP contribution in [-0.4, -0.2) is 139 Å². The van der Waals surface area contributed by atoms with Crippen LogP contribution in [0.4, 0.5) is 46.5 Å². The molecule has 5 aromatic carbocycles. The molecule has 0 atom stereocenters. The van der Waals surface area contributed by atoms with Crippen LogP contribution < -0.4 is 20.9 Å². The van der Waals surface area contributed by atoms with Crippen LogP contribution in [-0.2, 0) is 54.8 Å². The molecule has 75 heavy (non-hydrogen) atoms. The summed E-state index contributed by atoms with van der Waals surface area (Å²) >= 11 is 12.4. The Morgan fingerprint density at radius 3 is 1.91 bits per heavy atom. The van der Waals surface area contributed by atoms with E-state index in [0.717, 1.165) is 36.4 Å². The lowest BCUT2D eigenvalue weighted by Crippen LogP contribution is -2.31. The summed E-state index contributed by atoms with van der Waals surface area (Å²) in [6.07, 6.45) is 0.344. The first-order valence-electron chi connectivity index (χ1n) is 20.7. The first kappa shape index (κ1) is 56.1. The van der Waals surface area contributed by atoms with Crippen molar-refractivity contribution >= 4 is 142 Å². The van der Waals surface area contributed by atoms with E-state index in [1.165, 1.54) is 42.5 Å². The molecular weight excluding hydrogens is 1140 g/mol. The molecule has 0 unspecified atom stereocenters. The highest BCUT2D eigenvalue weighted by Gasteiger charge is 2.26. The van der Waals surface area contributed by atoms with E-state index in [9.17, 15) is 66.0 Å². The number of hydrogen-bond donors (Lipinski definition) is 9. The van der Waals surface area contributed by atoms with Crippen LogP contribution in [0.3, 0.4) is 0 Å². The number of nitrogens with one attached hydrogen (secondary N) is 3. The van der Waals surface area contributed by atoms with Gasteiger partial charge < -0.3 is 31.1 Å². The summed E-state index contributed by atoms with van der Waals surface area (Å²) in [6, 6.07) is 15.3. The van der Waals surface area contributed by atoms with Crippen LogP contribution in [0.5, 0.6) is 5.75 Å². The second-order valence-electron chi connectivity index (χ2n) is 15.2. The molecule has 7 rings (SSSR count). The Kier molecular flexibility index (Phi) is 16.6. The molecule has 0 aliphatic heterocycles. The van der Waals surface area contributed by atoms with E-state index in [1.54, 1.807) is 4.90 Å². The Balaban J connectivity index is 1.04. The Bertz CT molecular complexity index is 3980. The number of aromatic nitrogens is 6. The molecule has 9 N–H and O–H groups in total. The molecule has 2 aromatic heterocycles. The smallest absolute Gasteiger partial charge is 0.397 e. The van der Waals surface area contributed by atoms with Crippen molar-refractivity contribution in [3.63, 3.8) is 0 Å². The van der Waals surface area contributed by atoms with Crippen molar-refractivity contribution in [2.75, 3.05) is 59.5 Å². The van der Waals surface area contributed by atoms with Crippen LogP contribution in [0.25, 0.3) is 21.5 Å². The monoisotopic (exact) mass is 1170 g/mol. The third-order valence-electron chi connectivity index (χ3n) is 10.1. The number of nitrogens with zero attached hydrogens (tertiary/aromatic N) is 9. The number of aliphatic hydroxyl groups excluding tert-OH is 1. The zero-order valence-corrected chi connectivity index (χ0v) is 43.0. The van der Waals surface area contributed by atoms with Gasteiger partial charge in [-0.2, -0.15) is 63.6 Å². The third-order valence-corrected chi connectivity index (χ3v) is 15.3. The average molecular weight is 1180 g/mol. The lowest BCUT2D eigenvalue weighted by molar-refractivity contribution is 0.284. The number of aromatic hydroxyl groups is 1. The van der Waals surface area contributed by atoms with Crippen molar-refractivity contribution < 1.29 is 74.7 Å². The fourth-order valence-electron chi connectivity index (χ4n) is 6.99. The highest BCUT2D eigenvalue weighted by molar-refractivity contribution is 7.91. The highest BCUT2D eigenvalue weighted by Crippen LogP contribution is 2.43. The summed E-state index contributed by atoms with van der Waals surface area (Å²) < 4.78 is 164. The molecule has 0 spiro atoms. The Morgan fingerprint density at radius 2 is 1.25 bits per heavy atom. The summed E-state index contributed by atoms with van der Waals surface area (Å²) in [5.41, 5.74) is -0.993. The Hall–Kier alpha value is -6.67. The van der Waals surface area contributed by atoms with Gasteiger partial charge in [-0.15, -0.1) is 10.2 Å². The van der Waals surface area contributed by atoms with Crippen molar-refractivity contribution in [1.82, 2.24) is 29.9 Å². The number of halogens is 2. The number of azo groups is 1. The molecule has 36 heteroatoms. The van der Waals surface area contributed by atoms with Gasteiger partial charge >= 0.3 is 10.4 Å². The molecule has 2 heterocycles. The van der Waals surface area contributed by atoms with Crippen LogP contribution in [0.1, 0.15) is 6.42 Å². The first-order valence-corrected chi connectivity index (χ1v) is 28.8. The van der Waals surface area contributed by atoms with Crippen molar-refractivity contribution in [2.24, 2.45) is 10.2 Å². The molecule has 29 nitrogen and oxygen atoms in total. The van der Waals surface area contributed by atoms with E-state index in [1.807, 2.05) is 0 Å². The van der Waals surface area contributed by atoms with E-state index in [0.29, 0.717) is 12.1 Å². The quantitative estimate of drug-likeness (QED) is 0.0247. The number of benzene rings is 5. The number of aliphatic hydroxyl groups is 1. The van der Waals surface area contributed by atoms with Crippen LogP contribution in [0.15, 0.2) is 109 Å². The maximum atomic E-state index is 12.7. The molecule has 0 amide bonds. The Morgan fingerprint density at radius 1 is 0.627 bits per heavy atom. The summed E-state index contributed by atoms with van der Waals surface area (Å²) in [5, 5.41) is 36.0. The molecule has 0 saturated carbocycles. The van der Waals surface area contributed by atoms with E-state index in [4.69, 9.17) is 27.8 Å². The zero-order valence-electron chi connectivity index (χ0n) is 37.5. The maximum Gasteiger partial charge on any atom is 0.397 e. The van der Waals surface area contributed by atoms with Crippen LogP contribution in [0, 0.1) is 0 Å². The van der Waals surface area contributed by atoms with Crippen molar-refractivity contribution in [1.29, 1.82) is 0 Å². The van der Waals surface area contributed by atoms with Crippen LogP contribution in [0.2, 0.25) is 10.6 Å². The average Bonchev–Trinajstić information content (AvgIpc) is 3.30. The summed E-state index contributed by atoms with van der Waals surface area (Å²) in [4.78, 5) is 23.7. The minimum absolute atomic E-state index is 0.00399. The van der Waals surface area contributed by atoms with Gasteiger partial charge in [-0.1, -0.05) is 18.2 Å². The second-order valence-corrected chi connectivity index (χ2v) is 23.2. The van der Waals surface area contributed by atoms with Gasteiger partial charge in [0.2, 0.25) is 34.4 Å². The fraction of sp³-hybridized carbons (Fsp3) is 0.179. The van der Waals surface area contributed by atoms with Crippen LogP contribution >= 0.6 is 23.2 Å². The molecule has 0 aliphatic carbocycles. The number of sulfone groups is 1. The first-order chi connectivity index (χ1) is 35.1. The van der Waals surface area contributed by atoms with Gasteiger partial charge in [0.25, 0.3) is 30.4 Å². The number of rotatable bonds is 22. The molecule has 0 radical (unpaired) electrons. The number of fused-ring (bicyclic) bond motifs is 2. The van der Waals surface area contributed by atoms with E-state index >= 15 is 0 Å². The lowest BCUT2D eigenvalue weighted by Gasteiger charge is -2.22. The fourth-order valence-corrected chi connectivity index (χ4v) is 11.0. The molecule has 0 bridgehead atoms. The van der Waals surface area contributed by atoms with Gasteiger partial charge in [-0.05, 0) is 95.7 Å². The summed E-state index contributed by atoms with van der Waals surface area (Å²) in [7, 11) is -24.1. The number of anilines is 6. The molecule has 398 valence electrons. The van der Waals surface area contributed by atoms with Gasteiger partial charge in [0.05, 0.1) is 23.9 Å². The molecule has 7 aromatic rings. The minimum atomic E-state index is -5.22. The van der Waals surface area contributed by atoms with Gasteiger partial charge in [-0.3, -0.25) is 18.2 Å².